The highest BCUT2D eigenvalue weighted by Gasteiger charge is 2.18. The smallest absolute Gasteiger partial charge is 0.407 e. The van der Waals surface area contributed by atoms with Gasteiger partial charge in [0.1, 0.15) is 5.60 Å². The van der Waals surface area contributed by atoms with E-state index in [4.69, 9.17) is 10.5 Å². The molecule has 1 heterocycles. The molecule has 5 heteroatoms. The van der Waals surface area contributed by atoms with Crippen LogP contribution in [0.25, 0.3) is 0 Å². The largest absolute Gasteiger partial charge is 0.444 e. The first-order valence-corrected chi connectivity index (χ1v) is 6.42. The molecule has 0 aliphatic carbocycles. The Bertz CT molecular complexity index is 427. The average molecular weight is 265 g/mol. The fraction of sp³-hybridized carbons (Fsp3) is 0.571. The molecule has 0 radical (unpaired) electrons. The summed E-state index contributed by atoms with van der Waals surface area (Å²) in [5, 5.41) is 2.75. The number of amides is 1. The summed E-state index contributed by atoms with van der Waals surface area (Å²) in [4.78, 5) is 15.8. The van der Waals surface area contributed by atoms with Crippen molar-refractivity contribution in [3.63, 3.8) is 0 Å². The van der Waals surface area contributed by atoms with E-state index < -0.39 is 11.7 Å². The number of aryl methyl sites for hydroxylation is 1. The van der Waals surface area contributed by atoms with Crippen LogP contribution in [0.3, 0.4) is 0 Å². The third-order valence-corrected chi connectivity index (χ3v) is 2.66. The lowest BCUT2D eigenvalue weighted by molar-refractivity contribution is 0.0525. The van der Waals surface area contributed by atoms with Gasteiger partial charge >= 0.3 is 6.09 Å². The van der Waals surface area contributed by atoms with Crippen LogP contribution in [0, 0.1) is 6.92 Å². The normalized spacial score (nSPS) is 12.9. The van der Waals surface area contributed by atoms with E-state index in [0.717, 1.165) is 11.3 Å². The van der Waals surface area contributed by atoms with Crippen LogP contribution in [0.15, 0.2) is 18.3 Å². The molecular weight excluding hydrogens is 242 g/mol. The zero-order valence-electron chi connectivity index (χ0n) is 12.1. The summed E-state index contributed by atoms with van der Waals surface area (Å²) in [6.45, 7) is 8.32. The van der Waals surface area contributed by atoms with Crippen LogP contribution in [0.4, 0.5) is 4.79 Å². The number of nitrogens with two attached hydrogens (primary N) is 1. The Morgan fingerprint density at radius 2 is 2.21 bits per heavy atom. The number of carbonyl (C=O) groups is 1. The van der Waals surface area contributed by atoms with Crippen LogP contribution in [0.2, 0.25) is 0 Å². The highest BCUT2D eigenvalue weighted by atomic mass is 16.6. The molecule has 0 aliphatic heterocycles. The van der Waals surface area contributed by atoms with Crippen LogP contribution in [0.5, 0.6) is 0 Å². The number of rotatable bonds is 4. The first kappa shape index (κ1) is 15.4. The van der Waals surface area contributed by atoms with E-state index >= 15 is 0 Å². The standard InChI is InChI=1S/C14H23N3O2/c1-10-12(6-5-7-16-10)11(8-15)9-17-13(18)19-14(2,3)4/h5-7,11H,8-9,15H2,1-4H3,(H,17,18). The Morgan fingerprint density at radius 3 is 2.74 bits per heavy atom. The Kier molecular flexibility index (Phi) is 5.30. The van der Waals surface area contributed by atoms with Crippen LogP contribution in [-0.2, 0) is 4.74 Å². The van der Waals surface area contributed by atoms with Crippen molar-refractivity contribution < 1.29 is 9.53 Å². The van der Waals surface area contributed by atoms with Gasteiger partial charge in [0.15, 0.2) is 0 Å². The van der Waals surface area contributed by atoms with Gasteiger partial charge in [-0.2, -0.15) is 0 Å². The zero-order chi connectivity index (χ0) is 14.5. The lowest BCUT2D eigenvalue weighted by Crippen LogP contribution is -2.36. The monoisotopic (exact) mass is 265 g/mol. The van der Waals surface area contributed by atoms with Gasteiger partial charge in [-0.25, -0.2) is 4.79 Å². The number of hydrogen-bond donors (Lipinski definition) is 2. The highest BCUT2D eigenvalue weighted by Crippen LogP contribution is 2.16. The zero-order valence-corrected chi connectivity index (χ0v) is 12.1. The molecule has 1 atom stereocenters. The highest BCUT2D eigenvalue weighted by molar-refractivity contribution is 5.67. The second-order valence-electron chi connectivity index (χ2n) is 5.49. The summed E-state index contributed by atoms with van der Waals surface area (Å²) in [6.07, 6.45) is 1.32. The van der Waals surface area contributed by atoms with Crippen molar-refractivity contribution in [3.8, 4) is 0 Å². The molecule has 0 aliphatic rings. The number of hydrogen-bond acceptors (Lipinski definition) is 4. The predicted molar refractivity (Wildman–Crippen MR) is 75.0 cm³/mol. The Hall–Kier alpha value is -1.62. The minimum atomic E-state index is -0.494. The third kappa shape index (κ3) is 5.26. The van der Waals surface area contributed by atoms with Gasteiger partial charge in [0.25, 0.3) is 0 Å². The van der Waals surface area contributed by atoms with Crippen molar-refractivity contribution in [1.82, 2.24) is 10.3 Å². The van der Waals surface area contributed by atoms with Crippen LogP contribution >= 0.6 is 0 Å². The van der Waals surface area contributed by atoms with Crippen molar-refractivity contribution in [2.45, 2.75) is 39.2 Å². The van der Waals surface area contributed by atoms with E-state index in [1.807, 2.05) is 39.8 Å². The van der Waals surface area contributed by atoms with Gasteiger partial charge in [0, 0.05) is 30.9 Å². The maximum Gasteiger partial charge on any atom is 0.407 e. The van der Waals surface area contributed by atoms with E-state index in [-0.39, 0.29) is 5.92 Å². The third-order valence-electron chi connectivity index (χ3n) is 2.66. The number of nitrogens with zero attached hydrogens (tertiary/aromatic N) is 1. The minimum Gasteiger partial charge on any atom is -0.444 e. The lowest BCUT2D eigenvalue weighted by atomic mass is 9.98. The fourth-order valence-corrected chi connectivity index (χ4v) is 1.77. The maximum atomic E-state index is 11.6. The van der Waals surface area contributed by atoms with Gasteiger partial charge in [-0.05, 0) is 39.3 Å². The molecule has 1 aromatic heterocycles. The number of alkyl carbamates (subject to hydrolysis) is 1. The molecule has 0 saturated heterocycles. The van der Waals surface area contributed by atoms with E-state index in [1.54, 1.807) is 6.20 Å². The molecule has 1 aromatic rings. The second kappa shape index (κ2) is 6.52. The lowest BCUT2D eigenvalue weighted by Gasteiger charge is -2.22. The number of ether oxygens (including phenoxy) is 1. The van der Waals surface area contributed by atoms with Gasteiger partial charge in [-0.3, -0.25) is 4.98 Å². The summed E-state index contributed by atoms with van der Waals surface area (Å²) in [6, 6.07) is 3.86. The fourth-order valence-electron chi connectivity index (χ4n) is 1.77. The van der Waals surface area contributed by atoms with Crippen LogP contribution < -0.4 is 11.1 Å². The summed E-state index contributed by atoms with van der Waals surface area (Å²) >= 11 is 0. The van der Waals surface area contributed by atoms with Crippen molar-refractivity contribution in [3.05, 3.63) is 29.6 Å². The Labute approximate surface area is 114 Å². The van der Waals surface area contributed by atoms with Gasteiger partial charge in [-0.15, -0.1) is 0 Å². The molecule has 0 bridgehead atoms. The molecule has 0 aromatic carbocycles. The van der Waals surface area contributed by atoms with Crippen LogP contribution in [0.1, 0.15) is 37.9 Å². The maximum absolute atomic E-state index is 11.6. The van der Waals surface area contributed by atoms with Gasteiger partial charge in [0.05, 0.1) is 0 Å². The first-order chi connectivity index (χ1) is 8.83. The number of pyridine rings is 1. The molecule has 19 heavy (non-hydrogen) atoms. The van der Waals surface area contributed by atoms with Crippen molar-refractivity contribution in [2.24, 2.45) is 5.73 Å². The molecule has 0 saturated carbocycles. The van der Waals surface area contributed by atoms with Crippen molar-refractivity contribution in [1.29, 1.82) is 0 Å². The van der Waals surface area contributed by atoms with E-state index in [0.29, 0.717) is 13.1 Å². The molecule has 5 nitrogen and oxygen atoms in total. The topological polar surface area (TPSA) is 77.2 Å². The van der Waals surface area contributed by atoms with Gasteiger partial charge in [0.2, 0.25) is 0 Å². The van der Waals surface area contributed by atoms with E-state index in [1.165, 1.54) is 0 Å². The van der Waals surface area contributed by atoms with E-state index in [2.05, 4.69) is 10.3 Å². The van der Waals surface area contributed by atoms with Crippen LogP contribution in [-0.4, -0.2) is 29.8 Å². The second-order valence-corrected chi connectivity index (χ2v) is 5.49. The number of carbonyl (C=O) groups excluding carboxylic acids is 1. The quantitative estimate of drug-likeness (QED) is 0.872. The summed E-state index contributed by atoms with van der Waals surface area (Å²) in [5.74, 6) is 0.0428. The van der Waals surface area contributed by atoms with Crippen molar-refractivity contribution in [2.75, 3.05) is 13.1 Å². The minimum absolute atomic E-state index is 0.0428. The first-order valence-electron chi connectivity index (χ1n) is 6.42. The summed E-state index contributed by atoms with van der Waals surface area (Å²) in [7, 11) is 0. The molecule has 1 unspecified atom stereocenters. The predicted octanol–water partition coefficient (Wildman–Crippen LogP) is 1.96. The molecule has 106 valence electrons. The average Bonchev–Trinajstić information content (AvgIpc) is 2.29. The molecule has 1 amide bonds. The van der Waals surface area contributed by atoms with Gasteiger partial charge in [-0.1, -0.05) is 6.07 Å². The molecule has 3 N–H and O–H groups in total. The molecular formula is C14H23N3O2. The number of aromatic nitrogens is 1. The molecule has 0 fully saturated rings. The molecule has 1 rings (SSSR count). The SMILES string of the molecule is Cc1ncccc1C(CN)CNC(=O)OC(C)(C)C. The van der Waals surface area contributed by atoms with Gasteiger partial charge < -0.3 is 15.8 Å². The summed E-state index contributed by atoms with van der Waals surface area (Å²) in [5.41, 5.74) is 7.26. The summed E-state index contributed by atoms with van der Waals surface area (Å²) < 4.78 is 5.19. The Morgan fingerprint density at radius 1 is 1.53 bits per heavy atom. The molecule has 0 spiro atoms. The number of nitrogens with one attached hydrogen (secondary N) is 1. The van der Waals surface area contributed by atoms with E-state index in [9.17, 15) is 4.79 Å². The van der Waals surface area contributed by atoms with Crippen molar-refractivity contribution >= 4 is 6.09 Å². The Balaban J connectivity index is 2.59.